The van der Waals surface area contributed by atoms with E-state index in [2.05, 4.69) is 12.1 Å². The largest absolute Gasteiger partial charge is 0.339 e. The Kier molecular flexibility index (Phi) is 3.16. The van der Waals surface area contributed by atoms with Crippen molar-refractivity contribution in [3.63, 3.8) is 0 Å². The van der Waals surface area contributed by atoms with Crippen LogP contribution in [0, 0.1) is 0 Å². The van der Waals surface area contributed by atoms with Gasteiger partial charge < -0.3 is 9.47 Å². The second kappa shape index (κ2) is 4.83. The van der Waals surface area contributed by atoms with Gasteiger partial charge in [0.2, 0.25) is 0 Å². The lowest BCUT2D eigenvalue weighted by molar-refractivity contribution is 0.0777. The van der Waals surface area contributed by atoms with E-state index in [-0.39, 0.29) is 5.91 Å². The lowest BCUT2D eigenvalue weighted by Crippen LogP contribution is -2.27. The SMILES string of the molecule is CN(Cc1cccs1)C(=O)c1cc2sccc2n1C. The number of thiophene rings is 2. The Morgan fingerprint density at radius 2 is 2.16 bits per heavy atom. The van der Waals surface area contributed by atoms with Crippen molar-refractivity contribution in [3.8, 4) is 0 Å². The first-order valence-corrected chi connectivity index (χ1v) is 7.73. The predicted octanol–water partition coefficient (Wildman–Crippen LogP) is 3.57. The van der Waals surface area contributed by atoms with Gasteiger partial charge in [0.05, 0.1) is 16.8 Å². The van der Waals surface area contributed by atoms with Gasteiger partial charge in [-0.25, -0.2) is 0 Å². The van der Waals surface area contributed by atoms with Gasteiger partial charge in [-0.2, -0.15) is 0 Å². The molecule has 5 heteroatoms. The minimum Gasteiger partial charge on any atom is -0.339 e. The molecular formula is C14H14N2OS2. The first kappa shape index (κ1) is 12.4. The summed E-state index contributed by atoms with van der Waals surface area (Å²) >= 11 is 3.34. The number of nitrogens with zero attached hydrogens (tertiary/aromatic N) is 2. The van der Waals surface area contributed by atoms with E-state index in [4.69, 9.17) is 0 Å². The summed E-state index contributed by atoms with van der Waals surface area (Å²) in [5, 5.41) is 4.08. The third-order valence-corrected chi connectivity index (χ3v) is 4.92. The van der Waals surface area contributed by atoms with Crippen molar-refractivity contribution in [2.24, 2.45) is 7.05 Å². The fraction of sp³-hybridized carbons (Fsp3) is 0.214. The van der Waals surface area contributed by atoms with Crippen LogP contribution in [-0.2, 0) is 13.6 Å². The summed E-state index contributed by atoms with van der Waals surface area (Å²) in [4.78, 5) is 15.4. The molecule has 3 rings (SSSR count). The number of amides is 1. The number of fused-ring (bicyclic) bond motifs is 1. The van der Waals surface area contributed by atoms with Crippen LogP contribution in [0.3, 0.4) is 0 Å². The molecule has 0 bridgehead atoms. The Hall–Kier alpha value is -1.59. The van der Waals surface area contributed by atoms with E-state index in [1.54, 1.807) is 27.6 Å². The second-order valence-electron chi connectivity index (χ2n) is 4.50. The molecule has 0 aliphatic heterocycles. The van der Waals surface area contributed by atoms with Crippen molar-refractivity contribution in [2.75, 3.05) is 7.05 Å². The number of hydrogen-bond donors (Lipinski definition) is 0. The number of aromatic nitrogens is 1. The predicted molar refractivity (Wildman–Crippen MR) is 80.9 cm³/mol. The van der Waals surface area contributed by atoms with Crippen LogP contribution >= 0.6 is 22.7 Å². The Bertz CT molecular complexity index is 709. The van der Waals surface area contributed by atoms with Crippen molar-refractivity contribution < 1.29 is 4.79 Å². The third-order valence-electron chi connectivity index (χ3n) is 3.20. The van der Waals surface area contributed by atoms with Crippen LogP contribution in [0.4, 0.5) is 0 Å². The molecule has 0 aliphatic rings. The van der Waals surface area contributed by atoms with E-state index in [1.807, 2.05) is 41.6 Å². The standard InChI is InChI=1S/C14H14N2OS2/c1-15(9-10-4-3-6-18-10)14(17)12-8-13-11(16(12)2)5-7-19-13/h3-8H,9H2,1-2H3. The van der Waals surface area contributed by atoms with Crippen molar-refractivity contribution in [3.05, 3.63) is 45.6 Å². The molecule has 1 amide bonds. The summed E-state index contributed by atoms with van der Waals surface area (Å²) in [5.74, 6) is 0.0688. The molecule has 3 aromatic heterocycles. The van der Waals surface area contributed by atoms with E-state index < -0.39 is 0 Å². The van der Waals surface area contributed by atoms with Gasteiger partial charge in [0, 0.05) is 19.0 Å². The zero-order chi connectivity index (χ0) is 13.4. The fourth-order valence-corrected chi connectivity index (χ4v) is 3.77. The minimum atomic E-state index is 0.0688. The first-order valence-electron chi connectivity index (χ1n) is 5.97. The van der Waals surface area contributed by atoms with Gasteiger partial charge in [-0.15, -0.1) is 22.7 Å². The number of carbonyl (C=O) groups is 1. The van der Waals surface area contributed by atoms with Crippen molar-refractivity contribution in [1.29, 1.82) is 0 Å². The summed E-state index contributed by atoms with van der Waals surface area (Å²) in [6, 6.07) is 8.10. The van der Waals surface area contributed by atoms with Crippen molar-refractivity contribution >= 4 is 38.8 Å². The molecule has 98 valence electrons. The molecule has 0 unspecified atom stereocenters. The summed E-state index contributed by atoms with van der Waals surface area (Å²) in [5.41, 5.74) is 1.87. The smallest absolute Gasteiger partial charge is 0.270 e. The third kappa shape index (κ3) is 2.19. The fourth-order valence-electron chi connectivity index (χ4n) is 2.16. The van der Waals surface area contributed by atoms with Crippen LogP contribution in [0.2, 0.25) is 0 Å². The van der Waals surface area contributed by atoms with E-state index >= 15 is 0 Å². The lowest BCUT2D eigenvalue weighted by Gasteiger charge is -2.16. The molecule has 0 aromatic carbocycles. The molecule has 0 radical (unpaired) electrons. The van der Waals surface area contributed by atoms with Gasteiger partial charge in [0.15, 0.2) is 0 Å². The van der Waals surface area contributed by atoms with Gasteiger partial charge >= 0.3 is 0 Å². The number of hydrogen-bond acceptors (Lipinski definition) is 3. The Labute approximate surface area is 119 Å². The van der Waals surface area contributed by atoms with Crippen LogP contribution in [0.5, 0.6) is 0 Å². The quantitative estimate of drug-likeness (QED) is 0.724. The maximum absolute atomic E-state index is 12.5. The maximum atomic E-state index is 12.5. The summed E-state index contributed by atoms with van der Waals surface area (Å²) in [7, 11) is 3.80. The van der Waals surface area contributed by atoms with Crippen LogP contribution in [-0.4, -0.2) is 22.4 Å². The Balaban J connectivity index is 1.86. The zero-order valence-electron chi connectivity index (χ0n) is 10.8. The molecule has 0 atom stereocenters. The highest BCUT2D eigenvalue weighted by molar-refractivity contribution is 7.17. The molecule has 3 nitrogen and oxygen atoms in total. The van der Waals surface area contributed by atoms with Gasteiger partial charge in [-0.05, 0) is 29.0 Å². The van der Waals surface area contributed by atoms with E-state index in [1.165, 1.54) is 4.88 Å². The molecule has 0 aliphatic carbocycles. The molecule has 0 N–H and O–H groups in total. The molecule has 0 spiro atoms. The first-order chi connectivity index (χ1) is 9.16. The monoisotopic (exact) mass is 290 g/mol. The number of carbonyl (C=O) groups excluding carboxylic acids is 1. The second-order valence-corrected chi connectivity index (χ2v) is 6.48. The van der Waals surface area contributed by atoms with Crippen LogP contribution in [0.15, 0.2) is 35.0 Å². The number of aryl methyl sites for hydroxylation is 1. The summed E-state index contributed by atoms with van der Waals surface area (Å²) < 4.78 is 3.13. The van der Waals surface area contributed by atoms with Gasteiger partial charge in [0.1, 0.15) is 5.69 Å². The van der Waals surface area contributed by atoms with E-state index in [0.717, 1.165) is 15.9 Å². The van der Waals surface area contributed by atoms with Gasteiger partial charge in [0.25, 0.3) is 5.91 Å². The van der Waals surface area contributed by atoms with E-state index in [9.17, 15) is 4.79 Å². The van der Waals surface area contributed by atoms with Crippen LogP contribution < -0.4 is 0 Å². The van der Waals surface area contributed by atoms with Crippen molar-refractivity contribution in [1.82, 2.24) is 9.47 Å². The minimum absolute atomic E-state index is 0.0688. The molecule has 0 fully saturated rings. The lowest BCUT2D eigenvalue weighted by atomic mass is 10.3. The van der Waals surface area contributed by atoms with Crippen LogP contribution in [0.25, 0.3) is 10.2 Å². The summed E-state index contributed by atoms with van der Waals surface area (Å²) in [6.45, 7) is 0.662. The molecular weight excluding hydrogens is 276 g/mol. The normalized spacial score (nSPS) is 11.1. The summed E-state index contributed by atoms with van der Waals surface area (Å²) in [6.07, 6.45) is 0. The molecule has 3 aromatic rings. The Morgan fingerprint density at radius 3 is 2.84 bits per heavy atom. The van der Waals surface area contributed by atoms with Crippen LogP contribution in [0.1, 0.15) is 15.4 Å². The highest BCUT2D eigenvalue weighted by Crippen LogP contribution is 2.25. The highest BCUT2D eigenvalue weighted by Gasteiger charge is 2.18. The average Bonchev–Trinajstić information content (AvgIpc) is 3.08. The average molecular weight is 290 g/mol. The Morgan fingerprint density at radius 1 is 1.32 bits per heavy atom. The maximum Gasteiger partial charge on any atom is 0.270 e. The topological polar surface area (TPSA) is 25.2 Å². The number of rotatable bonds is 3. The molecule has 19 heavy (non-hydrogen) atoms. The van der Waals surface area contributed by atoms with Crippen molar-refractivity contribution in [2.45, 2.75) is 6.54 Å². The molecule has 0 saturated heterocycles. The van der Waals surface area contributed by atoms with Gasteiger partial charge in [-0.3, -0.25) is 4.79 Å². The molecule has 0 saturated carbocycles. The van der Waals surface area contributed by atoms with E-state index in [0.29, 0.717) is 6.54 Å². The zero-order valence-corrected chi connectivity index (χ0v) is 12.4. The molecule has 3 heterocycles. The highest BCUT2D eigenvalue weighted by atomic mass is 32.1. The van der Waals surface area contributed by atoms with Gasteiger partial charge in [-0.1, -0.05) is 6.07 Å².